The number of hydrogen-bond acceptors (Lipinski definition) is 10. The molecular formula is C23H36N10O. The van der Waals surface area contributed by atoms with Crippen molar-refractivity contribution in [3.05, 3.63) is 23.5 Å². The van der Waals surface area contributed by atoms with Gasteiger partial charge in [0.05, 0.1) is 11.8 Å². The van der Waals surface area contributed by atoms with E-state index in [1.54, 1.807) is 0 Å². The number of nitrogens with two attached hydrogens (primary N) is 3. The highest BCUT2D eigenvalue weighted by Crippen LogP contribution is 2.33. The van der Waals surface area contributed by atoms with Gasteiger partial charge < -0.3 is 27.8 Å². The van der Waals surface area contributed by atoms with Gasteiger partial charge in [-0.05, 0) is 30.6 Å². The van der Waals surface area contributed by atoms with Crippen molar-refractivity contribution in [3.63, 3.8) is 0 Å². The van der Waals surface area contributed by atoms with E-state index >= 15 is 0 Å². The lowest BCUT2D eigenvalue weighted by Gasteiger charge is -2.36. The number of anilines is 4. The maximum atomic E-state index is 11.7. The zero-order valence-corrected chi connectivity index (χ0v) is 20.8. The second kappa shape index (κ2) is 10.5. The highest BCUT2D eigenvalue weighted by molar-refractivity contribution is 5.97. The first-order valence-corrected chi connectivity index (χ1v) is 11.2. The van der Waals surface area contributed by atoms with Crippen LogP contribution < -0.4 is 27.8 Å². The molecule has 0 aromatic carbocycles. The number of aromatic nitrogens is 4. The third kappa shape index (κ3) is 6.91. The molecule has 2 aromatic rings. The van der Waals surface area contributed by atoms with Crippen molar-refractivity contribution in [2.45, 2.75) is 72.9 Å². The maximum absolute atomic E-state index is 11.7. The van der Waals surface area contributed by atoms with E-state index in [0.717, 1.165) is 19.3 Å². The molecule has 0 spiro atoms. The number of nitrogens with zero attached hydrogens (tertiary/aromatic N) is 5. The third-order valence-electron chi connectivity index (χ3n) is 6.20. The first-order valence-electron chi connectivity index (χ1n) is 11.2. The molecule has 0 bridgehead atoms. The molecule has 0 saturated heterocycles. The summed E-state index contributed by atoms with van der Waals surface area (Å²) in [4.78, 5) is 27.9. The lowest BCUT2D eigenvalue weighted by Crippen LogP contribution is -2.37. The number of carbonyl (C=O) groups is 1. The summed E-state index contributed by atoms with van der Waals surface area (Å²) >= 11 is 0. The van der Waals surface area contributed by atoms with Gasteiger partial charge in [-0.15, -0.1) is 0 Å². The SMILES string of the molecule is CC(Nc1nc(N)ncc1C(N)=O)C(C)(C)CCCC(Nc1nc(N)ncc1C#N)C(C)(C)C. The molecule has 0 aliphatic heterocycles. The Kier molecular flexibility index (Phi) is 8.21. The Hall–Kier alpha value is -3.68. The molecule has 2 aromatic heterocycles. The summed E-state index contributed by atoms with van der Waals surface area (Å²) in [6.07, 6.45) is 5.41. The van der Waals surface area contributed by atoms with Crippen LogP contribution >= 0.6 is 0 Å². The van der Waals surface area contributed by atoms with Gasteiger partial charge in [0.1, 0.15) is 23.3 Å². The fourth-order valence-electron chi connectivity index (χ4n) is 3.54. The molecule has 2 rings (SSSR count). The number of carbonyl (C=O) groups excluding carboxylic acids is 1. The number of rotatable bonds is 10. The van der Waals surface area contributed by atoms with Crippen molar-refractivity contribution < 1.29 is 4.79 Å². The average molecular weight is 469 g/mol. The Balaban J connectivity index is 2.09. The van der Waals surface area contributed by atoms with Gasteiger partial charge in [0.15, 0.2) is 0 Å². The summed E-state index contributed by atoms with van der Waals surface area (Å²) in [6, 6.07) is 2.13. The molecule has 2 unspecified atom stereocenters. The van der Waals surface area contributed by atoms with Gasteiger partial charge in [-0.25, -0.2) is 9.97 Å². The largest absolute Gasteiger partial charge is 0.368 e. The van der Waals surface area contributed by atoms with Gasteiger partial charge in [0.2, 0.25) is 11.9 Å². The molecule has 0 aliphatic rings. The smallest absolute Gasteiger partial charge is 0.254 e. The summed E-state index contributed by atoms with van der Waals surface area (Å²) in [6.45, 7) is 12.8. The van der Waals surface area contributed by atoms with Crippen molar-refractivity contribution in [2.24, 2.45) is 16.6 Å². The summed E-state index contributed by atoms with van der Waals surface area (Å²) in [5, 5.41) is 16.1. The van der Waals surface area contributed by atoms with Crippen molar-refractivity contribution >= 4 is 29.4 Å². The molecular weight excluding hydrogens is 432 g/mol. The average Bonchev–Trinajstić information content (AvgIpc) is 2.72. The molecule has 11 heteroatoms. The molecule has 184 valence electrons. The molecule has 34 heavy (non-hydrogen) atoms. The minimum Gasteiger partial charge on any atom is -0.368 e. The van der Waals surface area contributed by atoms with Gasteiger partial charge in [-0.3, -0.25) is 4.79 Å². The number of nitriles is 1. The normalized spacial score (nSPS) is 13.6. The van der Waals surface area contributed by atoms with Crippen LogP contribution in [0.5, 0.6) is 0 Å². The first-order chi connectivity index (χ1) is 15.7. The number of nitrogen functional groups attached to an aromatic ring is 2. The zero-order valence-electron chi connectivity index (χ0n) is 20.8. The molecule has 8 N–H and O–H groups in total. The van der Waals surface area contributed by atoms with Crippen LogP contribution in [0.3, 0.4) is 0 Å². The topological polar surface area (TPSA) is 195 Å². The fraction of sp³-hybridized carbons (Fsp3) is 0.565. The maximum Gasteiger partial charge on any atom is 0.254 e. The van der Waals surface area contributed by atoms with E-state index in [-0.39, 0.29) is 40.4 Å². The Morgan fingerprint density at radius 2 is 1.65 bits per heavy atom. The van der Waals surface area contributed by atoms with Crippen molar-refractivity contribution in [3.8, 4) is 6.07 Å². The molecule has 1 amide bonds. The lowest BCUT2D eigenvalue weighted by molar-refractivity contribution is 0.1000. The Morgan fingerprint density at radius 1 is 1.06 bits per heavy atom. The minimum atomic E-state index is -0.617. The Labute approximate surface area is 201 Å². The van der Waals surface area contributed by atoms with Crippen molar-refractivity contribution in [2.75, 3.05) is 22.1 Å². The van der Waals surface area contributed by atoms with Gasteiger partial charge >= 0.3 is 0 Å². The Bertz CT molecular complexity index is 1050. The number of hydrogen-bond donors (Lipinski definition) is 5. The standard InChI is InChI=1S/C23H36N10O/c1-13(30-19-15(17(25)34)12-29-21(27)33-19)23(5,6)9-7-8-16(22(2,3)4)31-18-14(10-24)11-28-20(26)32-18/h11-13,16H,7-9H2,1-6H3,(H2,25,34)(H3,26,28,31,32)(H3,27,29,30,33). The second-order valence-electron chi connectivity index (χ2n) is 10.3. The van der Waals surface area contributed by atoms with Crippen LogP contribution in [-0.2, 0) is 0 Å². The molecule has 2 heterocycles. The fourth-order valence-corrected chi connectivity index (χ4v) is 3.54. The quantitative estimate of drug-likeness (QED) is 0.346. The van der Waals surface area contributed by atoms with Crippen molar-refractivity contribution in [1.82, 2.24) is 19.9 Å². The van der Waals surface area contributed by atoms with Crippen LogP contribution in [0.4, 0.5) is 23.5 Å². The molecule has 2 atom stereocenters. The molecule has 0 aliphatic carbocycles. The van der Waals surface area contributed by atoms with Crippen LogP contribution in [0.1, 0.15) is 76.7 Å². The van der Waals surface area contributed by atoms with Crippen LogP contribution in [0.15, 0.2) is 12.4 Å². The molecule has 0 fully saturated rings. The van der Waals surface area contributed by atoms with Gasteiger partial charge in [0, 0.05) is 18.3 Å². The predicted octanol–water partition coefficient (Wildman–Crippen LogP) is 2.93. The number of amides is 1. The van der Waals surface area contributed by atoms with Gasteiger partial charge in [0.25, 0.3) is 5.91 Å². The molecule has 11 nitrogen and oxygen atoms in total. The summed E-state index contributed by atoms with van der Waals surface area (Å²) < 4.78 is 0. The van der Waals surface area contributed by atoms with Crippen LogP contribution in [0, 0.1) is 22.2 Å². The molecule has 0 saturated carbocycles. The lowest BCUT2D eigenvalue weighted by atomic mass is 9.77. The summed E-state index contributed by atoms with van der Waals surface area (Å²) in [5.74, 6) is 0.355. The summed E-state index contributed by atoms with van der Waals surface area (Å²) in [7, 11) is 0. The van der Waals surface area contributed by atoms with E-state index in [2.05, 4.69) is 71.3 Å². The number of primary amides is 1. The van der Waals surface area contributed by atoms with Crippen LogP contribution in [0.2, 0.25) is 0 Å². The van der Waals surface area contributed by atoms with Crippen molar-refractivity contribution in [1.29, 1.82) is 5.26 Å². The predicted molar refractivity (Wildman–Crippen MR) is 134 cm³/mol. The molecule has 0 radical (unpaired) electrons. The van der Waals surface area contributed by atoms with E-state index in [1.165, 1.54) is 12.4 Å². The van der Waals surface area contributed by atoms with Gasteiger partial charge in [-0.2, -0.15) is 15.2 Å². The zero-order chi connectivity index (χ0) is 25.7. The second-order valence-corrected chi connectivity index (χ2v) is 10.3. The number of nitrogens with one attached hydrogen (secondary N) is 2. The third-order valence-corrected chi connectivity index (χ3v) is 6.20. The van der Waals surface area contributed by atoms with Crippen LogP contribution in [0.25, 0.3) is 0 Å². The Morgan fingerprint density at radius 3 is 2.21 bits per heavy atom. The van der Waals surface area contributed by atoms with E-state index in [0.29, 0.717) is 17.2 Å². The monoisotopic (exact) mass is 468 g/mol. The van der Waals surface area contributed by atoms with E-state index in [9.17, 15) is 10.1 Å². The van der Waals surface area contributed by atoms with E-state index in [4.69, 9.17) is 17.2 Å². The van der Waals surface area contributed by atoms with E-state index in [1.807, 2.05) is 6.92 Å². The first kappa shape index (κ1) is 26.6. The highest BCUT2D eigenvalue weighted by atomic mass is 16.1. The van der Waals surface area contributed by atoms with E-state index < -0.39 is 5.91 Å². The van der Waals surface area contributed by atoms with Gasteiger partial charge in [-0.1, -0.05) is 41.0 Å². The highest BCUT2D eigenvalue weighted by Gasteiger charge is 2.30. The minimum absolute atomic E-state index is 0.0344. The van der Waals surface area contributed by atoms with Crippen LogP contribution in [-0.4, -0.2) is 37.9 Å². The summed E-state index contributed by atoms with van der Waals surface area (Å²) in [5.41, 5.74) is 17.2.